The monoisotopic (exact) mass is 401 g/mol. The van der Waals surface area contributed by atoms with Gasteiger partial charge >= 0.3 is 0 Å². The molecule has 3 rings (SSSR count). The number of nitrogens with zero attached hydrogens (tertiary/aromatic N) is 1. The van der Waals surface area contributed by atoms with Gasteiger partial charge in [0.15, 0.2) is 0 Å². The Morgan fingerprint density at radius 3 is 2.50 bits per heavy atom. The summed E-state index contributed by atoms with van der Waals surface area (Å²) < 4.78 is 45.0. The molecular weight excluding hydrogens is 377 g/mol. The maximum absolute atomic E-state index is 13.1. The van der Waals surface area contributed by atoms with E-state index in [0.29, 0.717) is 24.6 Å². The Balaban J connectivity index is 1.51. The third-order valence-corrected chi connectivity index (χ3v) is 6.85. The van der Waals surface area contributed by atoms with Crippen LogP contribution < -0.4 is 4.74 Å². The molecule has 1 aliphatic rings. The van der Waals surface area contributed by atoms with Crippen molar-refractivity contribution < 1.29 is 17.5 Å². The summed E-state index contributed by atoms with van der Waals surface area (Å²) in [6, 6.07) is 14.0. The Kier molecular flexibility index (Phi) is 6.71. The smallest absolute Gasteiger partial charge is 0.215 e. The van der Waals surface area contributed by atoms with Crippen LogP contribution in [0.15, 0.2) is 48.5 Å². The fourth-order valence-electron chi connectivity index (χ4n) is 3.38. The van der Waals surface area contributed by atoms with Crippen molar-refractivity contribution in [1.82, 2.24) is 4.31 Å². The van der Waals surface area contributed by atoms with Crippen LogP contribution in [0.1, 0.15) is 36.3 Å². The van der Waals surface area contributed by atoms with E-state index >= 15 is 0 Å². The summed E-state index contributed by atoms with van der Waals surface area (Å²) in [5.41, 5.74) is 1.77. The first kappa shape index (κ1) is 20.4. The molecule has 0 N–H and O–H groups in total. The Bertz CT molecular complexity index is 953. The molecule has 1 heterocycles. The van der Waals surface area contributed by atoms with Crippen molar-refractivity contribution in [3.63, 3.8) is 0 Å². The van der Waals surface area contributed by atoms with E-state index in [0.717, 1.165) is 18.6 Å². The summed E-state index contributed by atoms with van der Waals surface area (Å²) in [6.07, 6.45) is 1.85. The highest BCUT2D eigenvalue weighted by molar-refractivity contribution is 7.89. The Morgan fingerprint density at radius 1 is 1.14 bits per heavy atom. The van der Waals surface area contributed by atoms with Gasteiger partial charge in [-0.3, -0.25) is 0 Å². The Labute approximate surface area is 166 Å². The van der Waals surface area contributed by atoms with Gasteiger partial charge in [-0.2, -0.15) is 0 Å². The Morgan fingerprint density at radius 2 is 1.86 bits per heavy atom. The van der Waals surface area contributed by atoms with E-state index in [-0.39, 0.29) is 18.0 Å². The number of hydrogen-bond acceptors (Lipinski definition) is 3. The van der Waals surface area contributed by atoms with Crippen LogP contribution in [-0.4, -0.2) is 38.7 Å². The van der Waals surface area contributed by atoms with Crippen LogP contribution in [0.25, 0.3) is 0 Å². The maximum Gasteiger partial charge on any atom is 0.215 e. The zero-order valence-corrected chi connectivity index (χ0v) is 16.7. The molecule has 1 aliphatic heterocycles. The average Bonchev–Trinajstić information content (AvgIpc) is 2.71. The van der Waals surface area contributed by atoms with Crippen LogP contribution in [0.3, 0.4) is 0 Å². The predicted octanol–water partition coefficient (Wildman–Crippen LogP) is 3.79. The molecule has 148 valence electrons. The van der Waals surface area contributed by atoms with E-state index in [1.165, 1.54) is 17.7 Å². The van der Waals surface area contributed by atoms with E-state index in [1.54, 1.807) is 23.5 Å². The number of rotatable bonds is 5. The van der Waals surface area contributed by atoms with Crippen LogP contribution >= 0.6 is 0 Å². The molecule has 0 unspecified atom stereocenters. The van der Waals surface area contributed by atoms with Gasteiger partial charge in [0.2, 0.25) is 10.0 Å². The second-order valence-electron chi connectivity index (χ2n) is 6.82. The molecule has 2 aromatic carbocycles. The summed E-state index contributed by atoms with van der Waals surface area (Å²) in [7, 11) is -1.69. The average molecular weight is 402 g/mol. The lowest BCUT2D eigenvalue weighted by molar-refractivity contribution is 0.319. The normalized spacial score (nSPS) is 15.6. The molecule has 2 aromatic rings. The van der Waals surface area contributed by atoms with E-state index in [9.17, 15) is 12.8 Å². The van der Waals surface area contributed by atoms with Crippen LogP contribution in [0.5, 0.6) is 5.75 Å². The molecule has 0 saturated carbocycles. The lowest BCUT2D eigenvalue weighted by Crippen LogP contribution is -2.39. The number of methoxy groups -OCH3 is 1. The first-order valence-electron chi connectivity index (χ1n) is 9.34. The third-order valence-electron chi connectivity index (χ3n) is 4.98. The molecule has 0 amide bonds. The molecule has 0 radical (unpaired) electrons. The van der Waals surface area contributed by atoms with Gasteiger partial charge in [0.05, 0.1) is 12.9 Å². The van der Waals surface area contributed by atoms with Crippen LogP contribution in [0.4, 0.5) is 4.39 Å². The highest BCUT2D eigenvalue weighted by Crippen LogP contribution is 2.30. The van der Waals surface area contributed by atoms with Gasteiger partial charge in [0.1, 0.15) is 11.6 Å². The van der Waals surface area contributed by atoms with Crippen LogP contribution in [0.2, 0.25) is 0 Å². The zero-order chi connectivity index (χ0) is 20.0. The number of ether oxygens (including phenoxy) is 1. The van der Waals surface area contributed by atoms with Gasteiger partial charge in [-0.15, -0.1) is 0 Å². The molecule has 0 aliphatic carbocycles. The quantitative estimate of drug-likeness (QED) is 0.717. The summed E-state index contributed by atoms with van der Waals surface area (Å²) in [6.45, 7) is 1.05. The summed E-state index contributed by atoms with van der Waals surface area (Å²) >= 11 is 0. The highest BCUT2D eigenvalue weighted by Gasteiger charge is 2.28. The van der Waals surface area contributed by atoms with Crippen molar-refractivity contribution in [3.8, 4) is 17.6 Å². The molecule has 4 nitrogen and oxygen atoms in total. The fraction of sp³-hybridized carbons (Fsp3) is 0.364. The summed E-state index contributed by atoms with van der Waals surface area (Å²) in [4.78, 5) is 0. The van der Waals surface area contributed by atoms with Gasteiger partial charge in [0, 0.05) is 25.1 Å². The maximum atomic E-state index is 13.1. The molecule has 6 heteroatoms. The van der Waals surface area contributed by atoms with Crippen molar-refractivity contribution in [2.75, 3.05) is 26.0 Å². The van der Waals surface area contributed by atoms with Crippen molar-refractivity contribution in [3.05, 3.63) is 65.5 Å². The number of piperidine rings is 1. The van der Waals surface area contributed by atoms with Gasteiger partial charge in [-0.05, 0) is 54.7 Å². The lowest BCUT2D eigenvalue weighted by Gasteiger charge is -2.31. The second kappa shape index (κ2) is 9.22. The minimum Gasteiger partial charge on any atom is -0.497 e. The van der Waals surface area contributed by atoms with E-state index in [4.69, 9.17) is 4.74 Å². The summed E-state index contributed by atoms with van der Waals surface area (Å²) in [5.74, 6) is 6.48. The van der Waals surface area contributed by atoms with Gasteiger partial charge in [-0.1, -0.05) is 30.0 Å². The predicted molar refractivity (Wildman–Crippen MR) is 108 cm³/mol. The first-order valence-corrected chi connectivity index (χ1v) is 10.9. The second-order valence-corrected chi connectivity index (χ2v) is 8.91. The Hall–Kier alpha value is -2.36. The lowest BCUT2D eigenvalue weighted by atomic mass is 9.90. The standard InChI is InChI=1S/C22H24FNO3S/c1-27-22-10-8-19(9-11-22)20-12-14-24(15-13-20)28(25,26)16-3-2-5-18-6-4-7-21(23)17-18/h4,6-11,17,20H,3,12-16H2,1H3. The van der Waals surface area contributed by atoms with Crippen molar-refractivity contribution >= 4 is 10.0 Å². The summed E-state index contributed by atoms with van der Waals surface area (Å²) in [5, 5.41) is 0. The topological polar surface area (TPSA) is 46.6 Å². The molecule has 28 heavy (non-hydrogen) atoms. The molecule has 0 atom stereocenters. The third kappa shape index (κ3) is 5.34. The van der Waals surface area contributed by atoms with E-state index in [2.05, 4.69) is 24.0 Å². The number of benzene rings is 2. The minimum atomic E-state index is -3.33. The molecule has 0 bridgehead atoms. The van der Waals surface area contributed by atoms with Crippen molar-refractivity contribution in [2.45, 2.75) is 25.2 Å². The molecule has 1 fully saturated rings. The SMILES string of the molecule is COc1ccc(C2CCN(S(=O)(=O)CCC#Cc3cccc(F)c3)CC2)cc1. The number of sulfonamides is 1. The first-order chi connectivity index (χ1) is 13.5. The van der Waals surface area contributed by atoms with Crippen LogP contribution in [-0.2, 0) is 10.0 Å². The minimum absolute atomic E-state index is 0.0114. The van der Waals surface area contributed by atoms with Gasteiger partial charge in [-0.25, -0.2) is 17.1 Å². The van der Waals surface area contributed by atoms with Crippen molar-refractivity contribution in [2.24, 2.45) is 0 Å². The molecule has 1 saturated heterocycles. The zero-order valence-electron chi connectivity index (χ0n) is 15.9. The molecular formula is C22H24FNO3S. The highest BCUT2D eigenvalue weighted by atomic mass is 32.2. The van der Waals surface area contributed by atoms with Gasteiger partial charge in [0.25, 0.3) is 0 Å². The fourth-order valence-corrected chi connectivity index (χ4v) is 4.77. The number of hydrogen-bond donors (Lipinski definition) is 0. The van der Waals surface area contributed by atoms with E-state index < -0.39 is 10.0 Å². The van der Waals surface area contributed by atoms with E-state index in [1.807, 2.05) is 12.1 Å². The van der Waals surface area contributed by atoms with Gasteiger partial charge < -0.3 is 4.74 Å². The largest absolute Gasteiger partial charge is 0.497 e. The molecule has 0 spiro atoms. The number of halogens is 1. The molecule has 0 aromatic heterocycles. The van der Waals surface area contributed by atoms with Crippen LogP contribution in [0, 0.1) is 17.7 Å². The van der Waals surface area contributed by atoms with Crippen molar-refractivity contribution in [1.29, 1.82) is 0 Å².